The summed E-state index contributed by atoms with van der Waals surface area (Å²) >= 11 is 0. The lowest BCUT2D eigenvalue weighted by Crippen LogP contribution is -2.41. The zero-order valence-corrected chi connectivity index (χ0v) is 12.5. The van der Waals surface area contributed by atoms with Crippen LogP contribution in [-0.4, -0.2) is 49.6 Å². The number of nitrogens with zero attached hydrogens (tertiary/aromatic N) is 2. The molecule has 1 saturated heterocycles. The lowest BCUT2D eigenvalue weighted by molar-refractivity contribution is 0.132. The van der Waals surface area contributed by atoms with Crippen molar-refractivity contribution in [3.05, 3.63) is 23.7 Å². The summed E-state index contributed by atoms with van der Waals surface area (Å²) in [5.74, 6) is 1.08. The summed E-state index contributed by atoms with van der Waals surface area (Å²) in [6.45, 7) is 7.35. The number of nitrogens with one attached hydrogen (secondary N) is 1. The third kappa shape index (κ3) is 4.34. The molecular formula is C15H27N3O. The molecule has 1 aliphatic heterocycles. The van der Waals surface area contributed by atoms with Crippen LogP contribution in [0.4, 0.5) is 0 Å². The molecule has 1 fully saturated rings. The summed E-state index contributed by atoms with van der Waals surface area (Å²) in [4.78, 5) is 4.84. The van der Waals surface area contributed by atoms with Crippen LogP contribution in [0.1, 0.15) is 31.1 Å². The van der Waals surface area contributed by atoms with Gasteiger partial charge in [-0.15, -0.1) is 0 Å². The highest BCUT2D eigenvalue weighted by Gasteiger charge is 2.21. The van der Waals surface area contributed by atoms with Gasteiger partial charge in [-0.25, -0.2) is 0 Å². The fourth-order valence-electron chi connectivity index (χ4n) is 2.68. The standard InChI is InChI=1S/C15H27N3O/c1-4-16-10-13-9-15(19-12-13)11-18(3)14-5-7-17(2)8-6-14/h9,12,14,16H,4-8,10-11H2,1-3H3. The first-order chi connectivity index (χ1) is 9.19. The maximum Gasteiger partial charge on any atom is 0.118 e. The van der Waals surface area contributed by atoms with Crippen LogP contribution in [0.25, 0.3) is 0 Å². The quantitative estimate of drug-likeness (QED) is 0.851. The second-order valence-corrected chi connectivity index (χ2v) is 5.65. The van der Waals surface area contributed by atoms with Gasteiger partial charge >= 0.3 is 0 Å². The average molecular weight is 265 g/mol. The highest BCUT2D eigenvalue weighted by atomic mass is 16.3. The zero-order valence-electron chi connectivity index (χ0n) is 12.5. The summed E-state index contributed by atoms with van der Waals surface area (Å²) < 4.78 is 5.65. The van der Waals surface area contributed by atoms with Crippen molar-refractivity contribution in [1.82, 2.24) is 15.1 Å². The Morgan fingerprint density at radius 1 is 1.42 bits per heavy atom. The van der Waals surface area contributed by atoms with Crippen LogP contribution in [0.5, 0.6) is 0 Å². The predicted octanol–water partition coefficient (Wildman–Crippen LogP) is 1.92. The molecule has 0 bridgehead atoms. The Hall–Kier alpha value is -0.840. The maximum atomic E-state index is 5.65. The Bertz CT molecular complexity index is 369. The van der Waals surface area contributed by atoms with Gasteiger partial charge in [-0.3, -0.25) is 4.90 Å². The lowest BCUT2D eigenvalue weighted by atomic mass is 10.0. The monoisotopic (exact) mass is 265 g/mol. The average Bonchev–Trinajstić information content (AvgIpc) is 2.84. The van der Waals surface area contributed by atoms with E-state index in [1.807, 2.05) is 6.26 Å². The summed E-state index contributed by atoms with van der Waals surface area (Å²) in [5, 5.41) is 3.32. The van der Waals surface area contributed by atoms with E-state index in [-0.39, 0.29) is 0 Å². The smallest absolute Gasteiger partial charge is 0.118 e. The number of hydrogen-bond donors (Lipinski definition) is 1. The Balaban J connectivity index is 1.81. The molecule has 1 aromatic rings. The molecule has 2 rings (SSSR count). The fourth-order valence-corrected chi connectivity index (χ4v) is 2.68. The summed E-state index contributed by atoms with van der Waals surface area (Å²) in [6.07, 6.45) is 4.40. The summed E-state index contributed by atoms with van der Waals surface area (Å²) in [7, 11) is 4.41. The molecular weight excluding hydrogens is 238 g/mol. The normalized spacial score (nSPS) is 18.3. The molecule has 0 radical (unpaired) electrons. The topological polar surface area (TPSA) is 31.7 Å². The Kier molecular flexibility index (Phi) is 5.43. The van der Waals surface area contributed by atoms with Gasteiger partial charge in [0.2, 0.25) is 0 Å². The Morgan fingerprint density at radius 3 is 2.84 bits per heavy atom. The number of piperidine rings is 1. The van der Waals surface area contributed by atoms with Crippen molar-refractivity contribution in [3.63, 3.8) is 0 Å². The molecule has 0 aliphatic carbocycles. The molecule has 0 unspecified atom stereocenters. The van der Waals surface area contributed by atoms with Gasteiger partial charge in [0.05, 0.1) is 12.8 Å². The second-order valence-electron chi connectivity index (χ2n) is 5.65. The molecule has 0 saturated carbocycles. The van der Waals surface area contributed by atoms with Crippen LogP contribution in [0.3, 0.4) is 0 Å². The van der Waals surface area contributed by atoms with Crippen molar-refractivity contribution in [2.45, 2.75) is 38.9 Å². The number of hydrogen-bond acceptors (Lipinski definition) is 4. The molecule has 19 heavy (non-hydrogen) atoms. The van der Waals surface area contributed by atoms with E-state index in [1.54, 1.807) is 0 Å². The number of rotatable bonds is 6. The van der Waals surface area contributed by atoms with Crippen LogP contribution < -0.4 is 5.32 Å². The van der Waals surface area contributed by atoms with E-state index in [9.17, 15) is 0 Å². The molecule has 4 nitrogen and oxygen atoms in total. The molecule has 0 amide bonds. The van der Waals surface area contributed by atoms with Crippen molar-refractivity contribution < 1.29 is 4.42 Å². The highest BCUT2D eigenvalue weighted by Crippen LogP contribution is 2.17. The number of likely N-dealkylation sites (tertiary alicyclic amines) is 1. The number of furan rings is 1. The molecule has 0 atom stereocenters. The first-order valence-corrected chi connectivity index (χ1v) is 7.34. The summed E-state index contributed by atoms with van der Waals surface area (Å²) in [6, 6.07) is 2.87. The minimum Gasteiger partial charge on any atom is -0.468 e. The van der Waals surface area contributed by atoms with E-state index >= 15 is 0 Å². The van der Waals surface area contributed by atoms with Gasteiger partial charge < -0.3 is 14.6 Å². The fraction of sp³-hybridized carbons (Fsp3) is 0.733. The van der Waals surface area contributed by atoms with Gasteiger partial charge in [0.1, 0.15) is 5.76 Å². The van der Waals surface area contributed by atoms with Gasteiger partial charge in [-0.05, 0) is 52.6 Å². The zero-order chi connectivity index (χ0) is 13.7. The van der Waals surface area contributed by atoms with Crippen LogP contribution in [-0.2, 0) is 13.1 Å². The van der Waals surface area contributed by atoms with E-state index in [0.717, 1.165) is 25.4 Å². The van der Waals surface area contributed by atoms with Gasteiger partial charge in [0.25, 0.3) is 0 Å². The third-order valence-corrected chi connectivity index (χ3v) is 4.00. The van der Waals surface area contributed by atoms with Gasteiger partial charge in [-0.1, -0.05) is 6.92 Å². The van der Waals surface area contributed by atoms with Gasteiger partial charge in [0, 0.05) is 18.2 Å². The van der Waals surface area contributed by atoms with E-state index in [2.05, 4.69) is 42.2 Å². The molecule has 1 aliphatic rings. The van der Waals surface area contributed by atoms with Crippen molar-refractivity contribution in [3.8, 4) is 0 Å². The molecule has 4 heteroatoms. The van der Waals surface area contributed by atoms with Crippen LogP contribution >= 0.6 is 0 Å². The molecule has 108 valence electrons. The van der Waals surface area contributed by atoms with Crippen molar-refractivity contribution in [1.29, 1.82) is 0 Å². The molecule has 1 aromatic heterocycles. The van der Waals surface area contributed by atoms with E-state index in [0.29, 0.717) is 6.04 Å². The van der Waals surface area contributed by atoms with Crippen LogP contribution in [0.2, 0.25) is 0 Å². The molecule has 0 aromatic carbocycles. The molecule has 0 spiro atoms. The van der Waals surface area contributed by atoms with Crippen molar-refractivity contribution in [2.75, 3.05) is 33.7 Å². The van der Waals surface area contributed by atoms with Crippen LogP contribution in [0.15, 0.2) is 16.7 Å². The van der Waals surface area contributed by atoms with Gasteiger partial charge in [-0.2, -0.15) is 0 Å². The first-order valence-electron chi connectivity index (χ1n) is 7.34. The van der Waals surface area contributed by atoms with Crippen molar-refractivity contribution >= 4 is 0 Å². The predicted molar refractivity (Wildman–Crippen MR) is 78.1 cm³/mol. The first kappa shape index (κ1) is 14.6. The van der Waals surface area contributed by atoms with E-state index in [4.69, 9.17) is 4.42 Å². The third-order valence-electron chi connectivity index (χ3n) is 4.00. The maximum absolute atomic E-state index is 5.65. The summed E-state index contributed by atoms with van der Waals surface area (Å²) in [5.41, 5.74) is 1.24. The lowest BCUT2D eigenvalue weighted by Gasteiger charge is -2.34. The Morgan fingerprint density at radius 2 is 2.16 bits per heavy atom. The molecule has 2 heterocycles. The minimum atomic E-state index is 0.693. The SMILES string of the molecule is CCNCc1coc(CN(C)C2CCN(C)CC2)c1. The molecule has 1 N–H and O–H groups in total. The van der Waals surface area contributed by atoms with Crippen LogP contribution in [0, 0.1) is 0 Å². The van der Waals surface area contributed by atoms with Gasteiger partial charge in [0.15, 0.2) is 0 Å². The van der Waals surface area contributed by atoms with E-state index < -0.39 is 0 Å². The van der Waals surface area contributed by atoms with Crippen molar-refractivity contribution in [2.24, 2.45) is 0 Å². The second kappa shape index (κ2) is 7.08. The minimum absolute atomic E-state index is 0.693. The largest absolute Gasteiger partial charge is 0.468 e. The Labute approximate surface area is 116 Å². The van der Waals surface area contributed by atoms with E-state index in [1.165, 1.54) is 31.5 Å². The highest BCUT2D eigenvalue weighted by molar-refractivity contribution is 5.12.